The van der Waals surface area contributed by atoms with Crippen molar-refractivity contribution in [1.82, 2.24) is 34.6 Å². The van der Waals surface area contributed by atoms with Gasteiger partial charge >= 0.3 is 0 Å². The molecule has 0 radical (unpaired) electrons. The van der Waals surface area contributed by atoms with Crippen LogP contribution in [0.4, 0.5) is 17.5 Å². The van der Waals surface area contributed by atoms with Crippen LogP contribution in [0.2, 0.25) is 0 Å². The maximum Gasteiger partial charge on any atom is 0.263 e. The molecule has 15 heteroatoms. The van der Waals surface area contributed by atoms with Crippen molar-refractivity contribution >= 4 is 57.9 Å². The summed E-state index contributed by atoms with van der Waals surface area (Å²) in [7, 11) is 0. The minimum atomic E-state index is -0.648. The predicted molar refractivity (Wildman–Crippen MR) is 210 cm³/mol. The van der Waals surface area contributed by atoms with Crippen molar-refractivity contribution in [3.63, 3.8) is 0 Å². The van der Waals surface area contributed by atoms with Crippen molar-refractivity contribution in [3.8, 4) is 0 Å². The van der Waals surface area contributed by atoms with E-state index in [4.69, 9.17) is 4.98 Å². The molecule has 7 heterocycles. The third kappa shape index (κ3) is 6.61. The van der Waals surface area contributed by atoms with E-state index in [1.165, 1.54) is 6.92 Å². The van der Waals surface area contributed by atoms with Gasteiger partial charge in [-0.3, -0.25) is 38.7 Å². The summed E-state index contributed by atoms with van der Waals surface area (Å²) >= 11 is 0. The Hall–Kier alpha value is -5.99. The van der Waals surface area contributed by atoms with E-state index in [1.54, 1.807) is 28.7 Å². The van der Waals surface area contributed by atoms with Crippen molar-refractivity contribution in [1.29, 1.82) is 0 Å². The molecule has 3 aromatic heterocycles. The smallest absolute Gasteiger partial charge is 0.263 e. The number of fused-ring (bicyclic) bond motifs is 2. The zero-order valence-corrected chi connectivity index (χ0v) is 32.1. The van der Waals surface area contributed by atoms with Gasteiger partial charge in [0.05, 0.1) is 11.5 Å². The largest absolute Gasteiger partial charge is 0.370 e. The molecule has 294 valence electrons. The number of likely N-dealkylation sites (tertiary alicyclic amines) is 1. The van der Waals surface area contributed by atoms with Gasteiger partial charge in [-0.2, -0.15) is 4.98 Å². The number of amides is 4. The summed E-state index contributed by atoms with van der Waals surface area (Å²) in [6, 6.07) is 8.99. The summed E-state index contributed by atoms with van der Waals surface area (Å²) < 4.78 is 1.70. The van der Waals surface area contributed by atoms with Gasteiger partial charge in [-0.25, -0.2) is 9.97 Å². The molecule has 9 rings (SSSR count). The molecule has 0 bridgehead atoms. The van der Waals surface area contributed by atoms with Crippen molar-refractivity contribution in [2.24, 2.45) is 5.92 Å². The van der Waals surface area contributed by atoms with Crippen LogP contribution in [0.3, 0.4) is 0 Å². The van der Waals surface area contributed by atoms with E-state index < -0.39 is 11.9 Å². The molecule has 1 aromatic carbocycles. The number of aryl methyl sites for hydroxylation is 1. The minimum absolute atomic E-state index is 0.00329. The van der Waals surface area contributed by atoms with E-state index in [9.17, 15) is 28.8 Å². The number of ketones is 1. The minimum Gasteiger partial charge on any atom is -0.370 e. The average molecular weight is 772 g/mol. The number of hydrogen-bond donors (Lipinski definition) is 2. The lowest BCUT2D eigenvalue weighted by Crippen LogP contribution is -2.55. The Morgan fingerprint density at radius 1 is 0.912 bits per heavy atom. The van der Waals surface area contributed by atoms with Crippen LogP contribution in [0.5, 0.6) is 0 Å². The summed E-state index contributed by atoms with van der Waals surface area (Å²) in [4.78, 5) is 96.3. The number of rotatable bonds is 8. The van der Waals surface area contributed by atoms with E-state index in [2.05, 4.69) is 25.5 Å². The Labute approximate surface area is 328 Å². The lowest BCUT2D eigenvalue weighted by molar-refractivity contribution is -0.138. The number of imide groups is 1. The molecule has 0 spiro atoms. The lowest BCUT2D eigenvalue weighted by atomic mass is 9.89. The number of piperidine rings is 2. The zero-order valence-electron chi connectivity index (χ0n) is 32.1. The topological polar surface area (TPSA) is 180 Å². The van der Waals surface area contributed by atoms with Crippen LogP contribution in [0.25, 0.3) is 11.0 Å². The second kappa shape index (κ2) is 14.5. The highest BCUT2D eigenvalue weighted by Gasteiger charge is 2.41. The molecule has 1 saturated carbocycles. The lowest BCUT2D eigenvalue weighted by Gasteiger charge is -2.43. The fourth-order valence-corrected chi connectivity index (χ4v) is 9.44. The summed E-state index contributed by atoms with van der Waals surface area (Å²) in [5, 5.41) is 6.24. The van der Waals surface area contributed by atoms with Gasteiger partial charge in [0, 0.05) is 74.2 Å². The Bertz CT molecular complexity index is 2390. The predicted octanol–water partition coefficient (Wildman–Crippen LogP) is 4.16. The van der Waals surface area contributed by atoms with E-state index in [1.807, 2.05) is 35.4 Å². The van der Waals surface area contributed by atoms with Crippen LogP contribution >= 0.6 is 0 Å². The van der Waals surface area contributed by atoms with E-state index >= 15 is 0 Å². The van der Waals surface area contributed by atoms with Gasteiger partial charge in [0.25, 0.3) is 11.5 Å². The number of pyridine rings is 2. The molecular weight excluding hydrogens is 727 g/mol. The molecule has 1 aliphatic carbocycles. The first-order valence-corrected chi connectivity index (χ1v) is 20.0. The fourth-order valence-electron chi connectivity index (χ4n) is 9.44. The normalized spacial score (nSPS) is 20.6. The first kappa shape index (κ1) is 36.6. The monoisotopic (exact) mass is 771 g/mol. The van der Waals surface area contributed by atoms with Gasteiger partial charge < -0.3 is 20.0 Å². The summed E-state index contributed by atoms with van der Waals surface area (Å²) in [5.74, 6) is 0.0824. The van der Waals surface area contributed by atoms with Crippen LogP contribution in [-0.4, -0.2) is 91.0 Å². The number of carbonyl (C=O) groups is 5. The van der Waals surface area contributed by atoms with Gasteiger partial charge in [-0.15, -0.1) is 0 Å². The Morgan fingerprint density at radius 2 is 1.68 bits per heavy atom. The first-order chi connectivity index (χ1) is 27.5. The summed E-state index contributed by atoms with van der Waals surface area (Å²) in [6.45, 7) is 6.10. The highest BCUT2D eigenvalue weighted by atomic mass is 16.2. The number of nitrogens with zero attached hydrogens (tertiary/aromatic N) is 7. The van der Waals surface area contributed by atoms with Gasteiger partial charge in [0.1, 0.15) is 17.5 Å². The van der Waals surface area contributed by atoms with Gasteiger partial charge in [-0.05, 0) is 92.8 Å². The molecule has 4 aliphatic heterocycles. The van der Waals surface area contributed by atoms with E-state index in [0.717, 1.165) is 55.3 Å². The number of carbonyl (C=O) groups excluding carboxylic acids is 5. The van der Waals surface area contributed by atoms with E-state index in [-0.39, 0.29) is 58.9 Å². The molecule has 1 atom stereocenters. The van der Waals surface area contributed by atoms with Crippen LogP contribution in [0.1, 0.15) is 108 Å². The fraction of sp³-hybridized carbons (Fsp3) is 0.452. The molecule has 5 aliphatic rings. The molecule has 4 fully saturated rings. The molecular formula is C42H45N9O6. The van der Waals surface area contributed by atoms with Crippen LogP contribution in [0.15, 0.2) is 47.5 Å². The Kier molecular flexibility index (Phi) is 9.32. The SMILES string of the molecule is CC(=O)c1c(C)c2cnc(Nc3ccc(C4CCN(C(=O)C5CN(c6ccc7c(c6)CN(C6CCC(=O)NC6=O)C7=O)C5)CC4)cn3)nc2n(C2CCCC2)c1=O. The van der Waals surface area contributed by atoms with Crippen molar-refractivity contribution in [3.05, 3.63) is 80.9 Å². The third-order valence-electron chi connectivity index (χ3n) is 12.7. The molecule has 15 nitrogen and oxygen atoms in total. The summed E-state index contributed by atoms with van der Waals surface area (Å²) in [6.07, 6.45) is 9.57. The van der Waals surface area contributed by atoms with Crippen LogP contribution < -0.4 is 21.1 Å². The third-order valence-corrected chi connectivity index (χ3v) is 12.7. The second-order valence-corrected chi connectivity index (χ2v) is 16.1. The quantitative estimate of drug-likeness (QED) is 0.194. The van der Waals surface area contributed by atoms with Crippen LogP contribution in [0, 0.1) is 12.8 Å². The molecule has 4 aromatic rings. The number of benzene rings is 1. The highest BCUT2D eigenvalue weighted by molar-refractivity contribution is 6.05. The number of Topliss-reactive ketones (excluding diaryl/α,β-unsaturated/α-hetero) is 1. The summed E-state index contributed by atoms with van der Waals surface area (Å²) in [5.41, 5.74) is 4.54. The van der Waals surface area contributed by atoms with Gasteiger partial charge in [-0.1, -0.05) is 18.9 Å². The standard InChI is InChI=1S/C42H45N9O6/c1-23-32-19-44-42(47-37(32)51(29-5-3-4-6-29)41(57)36(23)24(2)52)45-34-11-7-26(18-43-34)25-13-15-48(16-14-25)39(55)28-20-49(21-28)30-8-9-31-27(17-30)22-50(40(31)56)33-10-12-35(53)46-38(33)54/h7-9,11,17-19,25,28-29,33H,3-6,10,12-16,20-22H2,1-2H3,(H,46,53,54)(H,43,44,45,47). The second-order valence-electron chi connectivity index (χ2n) is 16.1. The van der Waals surface area contributed by atoms with Gasteiger partial charge in [0.2, 0.25) is 23.7 Å². The number of hydrogen-bond acceptors (Lipinski definition) is 11. The number of nitrogens with one attached hydrogen (secondary N) is 2. The van der Waals surface area contributed by atoms with Crippen molar-refractivity contribution < 1.29 is 24.0 Å². The molecule has 2 N–H and O–H groups in total. The first-order valence-electron chi connectivity index (χ1n) is 20.0. The maximum absolute atomic E-state index is 13.6. The van der Waals surface area contributed by atoms with Crippen LogP contribution in [-0.2, 0) is 20.9 Å². The Balaban J connectivity index is 0.791. The van der Waals surface area contributed by atoms with E-state index in [0.29, 0.717) is 73.1 Å². The molecule has 57 heavy (non-hydrogen) atoms. The molecule has 4 amide bonds. The van der Waals surface area contributed by atoms with Crippen molar-refractivity contribution in [2.45, 2.75) is 89.8 Å². The molecule has 3 saturated heterocycles. The Morgan fingerprint density at radius 3 is 2.39 bits per heavy atom. The average Bonchev–Trinajstić information content (AvgIpc) is 3.82. The maximum atomic E-state index is 13.6. The van der Waals surface area contributed by atoms with Gasteiger partial charge in [0.15, 0.2) is 5.78 Å². The van der Waals surface area contributed by atoms with Crippen molar-refractivity contribution in [2.75, 3.05) is 36.4 Å². The number of aromatic nitrogens is 4. The molecule has 1 unspecified atom stereocenters. The number of anilines is 3. The zero-order chi connectivity index (χ0) is 39.5. The highest BCUT2D eigenvalue weighted by Crippen LogP contribution is 2.36.